The van der Waals surface area contributed by atoms with Crippen LogP contribution in [0.15, 0.2) is 87.7 Å². The fraction of sp³-hybridized carbons (Fsp3) is 0.0800. The zero-order valence-corrected chi connectivity index (χ0v) is 17.2. The number of hydrogen-bond acceptors (Lipinski definition) is 6. The van der Waals surface area contributed by atoms with E-state index in [2.05, 4.69) is 15.5 Å². The predicted octanol–water partition coefficient (Wildman–Crippen LogP) is 5.80. The van der Waals surface area contributed by atoms with Crippen molar-refractivity contribution in [1.82, 2.24) is 10.2 Å². The minimum Gasteiger partial charge on any atom is -0.490 e. The third-order valence-electron chi connectivity index (χ3n) is 4.92. The number of furan rings is 1. The normalized spacial score (nSPS) is 10.9. The number of amides is 1. The summed E-state index contributed by atoms with van der Waals surface area (Å²) in [4.78, 5) is 12.6. The van der Waals surface area contributed by atoms with Gasteiger partial charge in [-0.05, 0) is 42.3 Å². The molecule has 0 bridgehead atoms. The average molecular weight is 425 g/mol. The van der Waals surface area contributed by atoms with Crippen molar-refractivity contribution < 1.29 is 18.4 Å². The average Bonchev–Trinajstić information content (AvgIpc) is 3.47. The number of benzene rings is 3. The Kier molecular flexibility index (Phi) is 5.13. The van der Waals surface area contributed by atoms with Crippen LogP contribution in [-0.2, 0) is 0 Å². The van der Waals surface area contributed by atoms with Gasteiger partial charge in [-0.2, -0.15) is 0 Å². The molecule has 2 aromatic heterocycles. The second-order valence-corrected chi connectivity index (χ2v) is 7.03. The molecule has 2 heterocycles. The molecular weight excluding hydrogens is 406 g/mol. The topological polar surface area (TPSA) is 90.4 Å². The van der Waals surface area contributed by atoms with Crippen LogP contribution in [0.5, 0.6) is 5.75 Å². The summed E-state index contributed by atoms with van der Waals surface area (Å²) in [6.07, 6.45) is 0. The second kappa shape index (κ2) is 8.39. The number of hydrogen-bond donors (Lipinski definition) is 1. The van der Waals surface area contributed by atoms with Gasteiger partial charge in [0.05, 0.1) is 6.61 Å². The van der Waals surface area contributed by atoms with Gasteiger partial charge in [-0.25, -0.2) is 0 Å². The number of para-hydroxylation sites is 1. The lowest BCUT2D eigenvalue weighted by Gasteiger charge is -2.04. The van der Waals surface area contributed by atoms with E-state index in [9.17, 15) is 4.79 Å². The van der Waals surface area contributed by atoms with Crippen LogP contribution >= 0.6 is 0 Å². The van der Waals surface area contributed by atoms with Crippen molar-refractivity contribution in [3.63, 3.8) is 0 Å². The van der Waals surface area contributed by atoms with Gasteiger partial charge >= 0.3 is 6.01 Å². The summed E-state index contributed by atoms with van der Waals surface area (Å²) in [7, 11) is 0. The lowest BCUT2D eigenvalue weighted by Crippen LogP contribution is -2.11. The number of carbonyl (C=O) groups is 1. The Bertz CT molecular complexity index is 1370. The summed E-state index contributed by atoms with van der Waals surface area (Å²) in [6.45, 7) is 2.43. The Hall–Kier alpha value is -4.39. The summed E-state index contributed by atoms with van der Waals surface area (Å²) < 4.78 is 17.1. The molecule has 0 saturated carbocycles. The van der Waals surface area contributed by atoms with Crippen LogP contribution in [0.1, 0.15) is 17.3 Å². The Labute approximate surface area is 183 Å². The fourth-order valence-corrected chi connectivity index (χ4v) is 3.40. The number of rotatable bonds is 6. The number of aromatic nitrogens is 2. The van der Waals surface area contributed by atoms with Crippen LogP contribution in [0.25, 0.3) is 33.7 Å². The maximum atomic E-state index is 12.6. The summed E-state index contributed by atoms with van der Waals surface area (Å²) in [5, 5.41) is 11.4. The highest BCUT2D eigenvalue weighted by Crippen LogP contribution is 2.33. The minimum absolute atomic E-state index is 0.0115. The molecule has 5 aromatic rings. The van der Waals surface area contributed by atoms with Gasteiger partial charge in [-0.1, -0.05) is 59.7 Å². The number of nitrogens with zero attached hydrogens (tertiary/aromatic N) is 2. The first kappa shape index (κ1) is 19.6. The van der Waals surface area contributed by atoms with Gasteiger partial charge in [-0.3, -0.25) is 10.1 Å². The standard InChI is InChI=1S/C25H19N3O4/c1-2-30-20-10-6-9-19-15-21(31-22(19)20)24-27-28-25(32-24)26-23(29)18-13-11-17(12-14-18)16-7-4-3-5-8-16/h3-15H,2H2,1H3,(H,26,28,29). The Balaban J connectivity index is 1.32. The number of ether oxygens (including phenoxy) is 1. The first-order valence-electron chi connectivity index (χ1n) is 10.2. The maximum Gasteiger partial charge on any atom is 0.322 e. The van der Waals surface area contributed by atoms with Gasteiger partial charge in [-0.15, -0.1) is 5.10 Å². The maximum absolute atomic E-state index is 12.6. The molecule has 158 valence electrons. The van der Waals surface area contributed by atoms with Gasteiger partial charge in [0.15, 0.2) is 17.1 Å². The van der Waals surface area contributed by atoms with E-state index in [1.165, 1.54) is 0 Å². The molecule has 0 aliphatic rings. The first-order valence-corrected chi connectivity index (χ1v) is 10.2. The van der Waals surface area contributed by atoms with Crippen molar-refractivity contribution in [2.45, 2.75) is 6.92 Å². The molecule has 1 N–H and O–H groups in total. The van der Waals surface area contributed by atoms with Gasteiger partial charge in [0, 0.05) is 10.9 Å². The molecule has 0 aliphatic heterocycles. The quantitative estimate of drug-likeness (QED) is 0.370. The van der Waals surface area contributed by atoms with Crippen LogP contribution in [-0.4, -0.2) is 22.7 Å². The number of anilines is 1. The molecule has 0 unspecified atom stereocenters. The van der Waals surface area contributed by atoms with Crippen LogP contribution in [0.3, 0.4) is 0 Å². The third kappa shape index (κ3) is 3.83. The number of carbonyl (C=O) groups excluding carboxylic acids is 1. The largest absolute Gasteiger partial charge is 0.490 e. The third-order valence-corrected chi connectivity index (χ3v) is 4.92. The second-order valence-electron chi connectivity index (χ2n) is 7.03. The molecule has 0 fully saturated rings. The van der Waals surface area contributed by atoms with Crippen LogP contribution in [0.2, 0.25) is 0 Å². The zero-order valence-electron chi connectivity index (χ0n) is 17.2. The number of fused-ring (bicyclic) bond motifs is 1. The SMILES string of the molecule is CCOc1cccc2cc(-c3nnc(NC(=O)c4ccc(-c5ccccc5)cc4)o3)oc12. The molecule has 5 rings (SSSR count). The lowest BCUT2D eigenvalue weighted by molar-refractivity contribution is 0.102. The molecule has 0 atom stereocenters. The molecule has 0 saturated heterocycles. The van der Waals surface area contributed by atoms with Gasteiger partial charge in [0.25, 0.3) is 11.8 Å². The zero-order chi connectivity index (χ0) is 21.9. The summed E-state index contributed by atoms with van der Waals surface area (Å²) in [5.41, 5.74) is 3.19. The summed E-state index contributed by atoms with van der Waals surface area (Å²) >= 11 is 0. The number of nitrogens with one attached hydrogen (secondary N) is 1. The van der Waals surface area contributed by atoms with E-state index >= 15 is 0 Å². The molecule has 7 nitrogen and oxygen atoms in total. The van der Waals surface area contributed by atoms with Crippen LogP contribution in [0.4, 0.5) is 6.01 Å². The highest BCUT2D eigenvalue weighted by molar-refractivity contribution is 6.03. The van der Waals surface area contributed by atoms with Crippen molar-refractivity contribution >= 4 is 22.9 Å². The molecule has 0 spiro atoms. The van der Waals surface area contributed by atoms with E-state index < -0.39 is 0 Å². The minimum atomic E-state index is -0.344. The van der Waals surface area contributed by atoms with Crippen molar-refractivity contribution in [3.05, 3.63) is 84.4 Å². The van der Waals surface area contributed by atoms with Crippen molar-refractivity contribution in [3.8, 4) is 28.5 Å². The molecular formula is C25H19N3O4. The summed E-state index contributed by atoms with van der Waals surface area (Å²) in [5.74, 6) is 0.858. The Morgan fingerprint density at radius 3 is 2.47 bits per heavy atom. The Morgan fingerprint density at radius 1 is 0.906 bits per heavy atom. The van der Waals surface area contributed by atoms with E-state index in [1.807, 2.05) is 67.6 Å². The highest BCUT2D eigenvalue weighted by atomic mass is 16.5. The molecule has 0 aliphatic carbocycles. The molecule has 32 heavy (non-hydrogen) atoms. The van der Waals surface area contributed by atoms with Gasteiger partial charge in [0.2, 0.25) is 0 Å². The predicted molar refractivity (Wildman–Crippen MR) is 121 cm³/mol. The lowest BCUT2D eigenvalue weighted by atomic mass is 10.0. The molecule has 0 radical (unpaired) electrons. The van der Waals surface area contributed by atoms with E-state index in [4.69, 9.17) is 13.6 Å². The first-order chi connectivity index (χ1) is 15.7. The van der Waals surface area contributed by atoms with Crippen molar-refractivity contribution in [1.29, 1.82) is 0 Å². The van der Waals surface area contributed by atoms with E-state index in [0.717, 1.165) is 16.5 Å². The monoisotopic (exact) mass is 425 g/mol. The van der Waals surface area contributed by atoms with Crippen molar-refractivity contribution in [2.75, 3.05) is 11.9 Å². The van der Waals surface area contributed by atoms with Gasteiger partial charge in [0.1, 0.15) is 0 Å². The van der Waals surface area contributed by atoms with E-state index in [0.29, 0.717) is 29.3 Å². The fourth-order valence-electron chi connectivity index (χ4n) is 3.40. The highest BCUT2D eigenvalue weighted by Gasteiger charge is 2.17. The summed E-state index contributed by atoms with van der Waals surface area (Å²) in [6, 6.07) is 24.7. The van der Waals surface area contributed by atoms with E-state index in [1.54, 1.807) is 18.2 Å². The molecule has 1 amide bonds. The van der Waals surface area contributed by atoms with Crippen LogP contribution in [0, 0.1) is 0 Å². The molecule has 7 heteroatoms. The van der Waals surface area contributed by atoms with E-state index in [-0.39, 0.29) is 17.8 Å². The Morgan fingerprint density at radius 2 is 1.69 bits per heavy atom. The van der Waals surface area contributed by atoms with Crippen molar-refractivity contribution in [2.24, 2.45) is 0 Å². The van der Waals surface area contributed by atoms with Gasteiger partial charge < -0.3 is 13.6 Å². The van der Waals surface area contributed by atoms with Crippen LogP contribution < -0.4 is 10.1 Å². The molecule has 3 aromatic carbocycles. The smallest absolute Gasteiger partial charge is 0.322 e.